The molecule has 0 bridgehead atoms. The van der Waals surface area contributed by atoms with E-state index in [2.05, 4.69) is 15.4 Å². The maximum Gasteiger partial charge on any atom is 0.407 e. The average Bonchev–Trinajstić information content (AvgIpc) is 2.64. The second-order valence-electron chi connectivity index (χ2n) is 6.29. The summed E-state index contributed by atoms with van der Waals surface area (Å²) in [6.45, 7) is 0.0872. The first-order valence-electron chi connectivity index (χ1n) is 8.96. The molecule has 1 rings (SSSR count). The number of rotatable bonds is 12. The highest BCUT2D eigenvalue weighted by atomic mass is 32.2. The lowest BCUT2D eigenvalue weighted by Crippen LogP contribution is -2.41. The molecule has 0 unspecified atom stereocenters. The summed E-state index contributed by atoms with van der Waals surface area (Å²) in [6, 6.07) is 8.02. The lowest BCUT2D eigenvalue weighted by atomic mass is 10.1. The first kappa shape index (κ1) is 24.2. The van der Waals surface area contributed by atoms with Gasteiger partial charge in [-0.2, -0.15) is 0 Å². The van der Waals surface area contributed by atoms with Gasteiger partial charge in [-0.3, -0.25) is 0 Å². The molecule has 29 heavy (non-hydrogen) atoms. The lowest BCUT2D eigenvalue weighted by molar-refractivity contribution is -0.139. The molecule has 0 fully saturated rings. The molecular weight excluding hydrogens is 404 g/mol. The van der Waals surface area contributed by atoms with Crippen LogP contribution in [-0.2, 0) is 30.7 Å². The summed E-state index contributed by atoms with van der Waals surface area (Å²) in [6.07, 6.45) is 0.450. The first-order chi connectivity index (χ1) is 13.7. The van der Waals surface area contributed by atoms with Crippen LogP contribution in [0.25, 0.3) is 0 Å². The van der Waals surface area contributed by atoms with Crippen molar-refractivity contribution in [3.8, 4) is 0 Å². The predicted molar refractivity (Wildman–Crippen MR) is 104 cm³/mol. The minimum Gasteiger partial charge on any atom is -0.480 e. The normalized spacial score (nSPS) is 11.9. The first-order valence-corrected chi connectivity index (χ1v) is 11.0. The van der Waals surface area contributed by atoms with Crippen molar-refractivity contribution in [2.45, 2.75) is 31.9 Å². The molecule has 1 aromatic carbocycles. The predicted octanol–water partition coefficient (Wildman–Crippen LogP) is 1.31. The van der Waals surface area contributed by atoms with Crippen LogP contribution in [0.5, 0.6) is 0 Å². The molecule has 0 saturated carbocycles. The fraction of sp³-hybridized carbons (Fsp3) is 0.500. The number of aliphatic carboxylic acids is 1. The van der Waals surface area contributed by atoms with E-state index in [4.69, 9.17) is 9.84 Å². The quantitative estimate of drug-likeness (QED) is 0.420. The molecule has 0 aromatic heterocycles. The number of alkyl carbamates (subject to hydrolysis) is 2. The van der Waals surface area contributed by atoms with Crippen LogP contribution in [0.15, 0.2) is 30.3 Å². The maximum atomic E-state index is 11.6. The van der Waals surface area contributed by atoms with Crippen molar-refractivity contribution in [3.05, 3.63) is 35.9 Å². The number of hydrogen-bond donors (Lipinski definition) is 3. The van der Waals surface area contributed by atoms with E-state index in [1.165, 1.54) is 0 Å². The van der Waals surface area contributed by atoms with Gasteiger partial charge in [0.25, 0.3) is 0 Å². The standard InChI is InChI=1S/C18H26N2O8S/c1-29(25,26)12-11-27-18(24)20-15(16(21)22)9-5-6-10-19-17(23)28-13-14-7-3-2-4-8-14/h2-4,7-8,15H,5-6,9-13H2,1H3,(H,19,23)(H,20,24)(H,21,22)/t15-/m0/s1. The van der Waals surface area contributed by atoms with E-state index in [1.807, 2.05) is 30.3 Å². The van der Waals surface area contributed by atoms with Gasteiger partial charge in [-0.1, -0.05) is 30.3 Å². The van der Waals surface area contributed by atoms with E-state index >= 15 is 0 Å². The second kappa shape index (κ2) is 12.6. The largest absolute Gasteiger partial charge is 0.480 e. The molecule has 0 aliphatic rings. The Kier molecular flexibility index (Phi) is 10.5. The Labute approximate surface area is 169 Å². The van der Waals surface area contributed by atoms with Gasteiger partial charge in [0, 0.05) is 12.8 Å². The SMILES string of the molecule is CS(=O)(=O)CCOC(=O)N[C@@H](CCCCNC(=O)OCc1ccccc1)C(=O)O. The third-order valence-corrected chi connectivity index (χ3v) is 4.59. The van der Waals surface area contributed by atoms with Gasteiger partial charge < -0.3 is 25.2 Å². The zero-order valence-corrected chi connectivity index (χ0v) is 16.9. The molecule has 10 nitrogen and oxygen atoms in total. The summed E-state index contributed by atoms with van der Waals surface area (Å²) >= 11 is 0. The fourth-order valence-corrected chi connectivity index (χ4v) is 2.55. The fourth-order valence-electron chi connectivity index (χ4n) is 2.17. The van der Waals surface area contributed by atoms with Gasteiger partial charge >= 0.3 is 18.2 Å². The molecule has 0 heterocycles. The highest BCUT2D eigenvalue weighted by Crippen LogP contribution is 2.03. The average molecular weight is 430 g/mol. The summed E-state index contributed by atoms with van der Waals surface area (Å²) in [5.74, 6) is -1.58. The molecular formula is C18H26N2O8S. The number of nitrogens with one attached hydrogen (secondary N) is 2. The Bertz CT molecular complexity index is 767. The zero-order valence-electron chi connectivity index (χ0n) is 16.1. The molecule has 0 aliphatic carbocycles. The number of benzene rings is 1. The Morgan fingerprint density at radius 3 is 2.38 bits per heavy atom. The van der Waals surface area contributed by atoms with E-state index in [0.29, 0.717) is 19.4 Å². The molecule has 0 aliphatic heterocycles. The van der Waals surface area contributed by atoms with Crippen LogP contribution in [0.4, 0.5) is 9.59 Å². The number of sulfone groups is 1. The molecule has 1 atom stereocenters. The van der Waals surface area contributed by atoms with Crippen molar-refractivity contribution in [2.75, 3.05) is 25.2 Å². The van der Waals surface area contributed by atoms with Gasteiger partial charge in [0.1, 0.15) is 19.3 Å². The molecule has 0 radical (unpaired) electrons. The van der Waals surface area contributed by atoms with Crippen molar-refractivity contribution in [2.24, 2.45) is 0 Å². The maximum absolute atomic E-state index is 11.6. The lowest BCUT2D eigenvalue weighted by Gasteiger charge is -2.14. The van der Waals surface area contributed by atoms with Crippen LogP contribution in [0.1, 0.15) is 24.8 Å². The van der Waals surface area contributed by atoms with Gasteiger partial charge in [0.15, 0.2) is 9.84 Å². The number of carboxylic acid groups (broad SMARTS) is 1. The van der Waals surface area contributed by atoms with Crippen molar-refractivity contribution >= 4 is 28.0 Å². The van der Waals surface area contributed by atoms with Crippen molar-refractivity contribution in [3.63, 3.8) is 0 Å². The third kappa shape index (κ3) is 12.3. The number of carbonyl (C=O) groups is 3. The minimum atomic E-state index is -3.28. The third-order valence-electron chi connectivity index (χ3n) is 3.68. The van der Waals surface area contributed by atoms with Gasteiger partial charge in [-0.05, 0) is 24.8 Å². The van der Waals surface area contributed by atoms with Crippen LogP contribution < -0.4 is 10.6 Å². The number of amides is 2. The molecule has 0 saturated heterocycles. The molecule has 2 amide bonds. The van der Waals surface area contributed by atoms with Crippen molar-refractivity contribution < 1.29 is 37.4 Å². The molecule has 162 valence electrons. The Morgan fingerprint density at radius 2 is 1.76 bits per heavy atom. The molecule has 3 N–H and O–H groups in total. The zero-order chi connectivity index (χ0) is 21.7. The smallest absolute Gasteiger partial charge is 0.407 e. The summed E-state index contributed by atoms with van der Waals surface area (Å²) in [7, 11) is -3.28. The Hall–Kier alpha value is -2.82. The highest BCUT2D eigenvalue weighted by Gasteiger charge is 2.20. The van der Waals surface area contributed by atoms with Crippen LogP contribution in [0.3, 0.4) is 0 Å². The van der Waals surface area contributed by atoms with Gasteiger partial charge in [0.2, 0.25) is 0 Å². The summed E-state index contributed by atoms with van der Waals surface area (Å²) in [4.78, 5) is 34.3. The summed E-state index contributed by atoms with van der Waals surface area (Å²) in [5, 5.41) is 13.9. The van der Waals surface area contributed by atoms with Crippen LogP contribution in [-0.4, -0.2) is 62.9 Å². The number of unbranched alkanes of at least 4 members (excludes halogenated alkanes) is 1. The van der Waals surface area contributed by atoms with Crippen LogP contribution in [0, 0.1) is 0 Å². The molecule has 1 aromatic rings. The van der Waals surface area contributed by atoms with E-state index in [1.54, 1.807) is 0 Å². The van der Waals surface area contributed by atoms with Gasteiger partial charge in [-0.15, -0.1) is 0 Å². The number of carboxylic acids is 1. The highest BCUT2D eigenvalue weighted by molar-refractivity contribution is 7.90. The molecule has 0 spiro atoms. The second-order valence-corrected chi connectivity index (χ2v) is 8.54. The van der Waals surface area contributed by atoms with Crippen LogP contribution in [0.2, 0.25) is 0 Å². The van der Waals surface area contributed by atoms with E-state index in [9.17, 15) is 22.8 Å². The monoisotopic (exact) mass is 430 g/mol. The summed E-state index contributed by atoms with van der Waals surface area (Å²) in [5.41, 5.74) is 0.862. The van der Waals surface area contributed by atoms with Crippen molar-refractivity contribution in [1.82, 2.24) is 10.6 Å². The Morgan fingerprint density at radius 1 is 1.07 bits per heavy atom. The summed E-state index contributed by atoms with van der Waals surface area (Å²) < 4.78 is 31.6. The number of ether oxygens (including phenoxy) is 2. The van der Waals surface area contributed by atoms with Gasteiger partial charge in [-0.25, -0.2) is 22.8 Å². The molecule has 11 heteroatoms. The number of hydrogen-bond acceptors (Lipinski definition) is 7. The van der Waals surface area contributed by atoms with E-state index in [-0.39, 0.29) is 25.4 Å². The number of carbonyl (C=O) groups excluding carboxylic acids is 2. The van der Waals surface area contributed by atoms with E-state index in [0.717, 1.165) is 11.8 Å². The Balaban J connectivity index is 2.19. The van der Waals surface area contributed by atoms with Gasteiger partial charge in [0.05, 0.1) is 5.75 Å². The topological polar surface area (TPSA) is 148 Å². The van der Waals surface area contributed by atoms with Crippen LogP contribution >= 0.6 is 0 Å². The van der Waals surface area contributed by atoms with E-state index < -0.39 is 34.0 Å². The van der Waals surface area contributed by atoms with Crippen molar-refractivity contribution in [1.29, 1.82) is 0 Å². The minimum absolute atomic E-state index is 0.122.